The Morgan fingerprint density at radius 3 is 2.71 bits per heavy atom. The fraction of sp³-hybridized carbons (Fsp3) is 0.778. The molecule has 0 bridgehead atoms. The molecule has 0 amide bonds. The average Bonchev–Trinajstić information content (AvgIpc) is 2.76. The summed E-state index contributed by atoms with van der Waals surface area (Å²) < 4.78 is 15.3. The lowest BCUT2D eigenvalue weighted by molar-refractivity contribution is 0.411. The third-order valence-corrected chi connectivity index (χ3v) is 2.84. The van der Waals surface area contributed by atoms with Crippen molar-refractivity contribution in [3.05, 3.63) is 16.3 Å². The molecule has 0 aromatic carbocycles. The SMILES string of the molecule is Cn1nc(CF)n(C2CCCC2)c1=O. The van der Waals surface area contributed by atoms with Crippen molar-refractivity contribution < 1.29 is 4.39 Å². The third-order valence-electron chi connectivity index (χ3n) is 2.84. The lowest BCUT2D eigenvalue weighted by Gasteiger charge is -2.10. The van der Waals surface area contributed by atoms with Crippen molar-refractivity contribution in [3.8, 4) is 0 Å². The summed E-state index contributed by atoms with van der Waals surface area (Å²) in [6.07, 6.45) is 4.19. The van der Waals surface area contributed by atoms with E-state index < -0.39 is 6.67 Å². The van der Waals surface area contributed by atoms with Crippen molar-refractivity contribution >= 4 is 0 Å². The summed E-state index contributed by atoms with van der Waals surface area (Å²) in [7, 11) is 1.56. The van der Waals surface area contributed by atoms with Crippen molar-refractivity contribution in [1.82, 2.24) is 14.3 Å². The summed E-state index contributed by atoms with van der Waals surface area (Å²) in [5.41, 5.74) is -0.190. The zero-order valence-corrected chi connectivity index (χ0v) is 8.24. The number of aryl methyl sites for hydroxylation is 1. The lowest BCUT2D eigenvalue weighted by atomic mass is 10.2. The van der Waals surface area contributed by atoms with Crippen LogP contribution in [0.25, 0.3) is 0 Å². The molecular formula is C9H14FN3O. The van der Waals surface area contributed by atoms with Crippen molar-refractivity contribution in [3.63, 3.8) is 0 Å². The minimum atomic E-state index is -0.660. The molecule has 1 aliphatic rings. The molecular weight excluding hydrogens is 185 g/mol. The van der Waals surface area contributed by atoms with Crippen LogP contribution in [0.15, 0.2) is 4.79 Å². The molecule has 1 aromatic rings. The smallest absolute Gasteiger partial charge is 0.274 e. The van der Waals surface area contributed by atoms with Gasteiger partial charge in [0.2, 0.25) is 0 Å². The van der Waals surface area contributed by atoms with E-state index in [1.54, 1.807) is 7.05 Å². The molecule has 1 heterocycles. The molecule has 0 aliphatic heterocycles. The van der Waals surface area contributed by atoms with Gasteiger partial charge in [-0.2, -0.15) is 5.10 Å². The quantitative estimate of drug-likeness (QED) is 0.717. The van der Waals surface area contributed by atoms with Gasteiger partial charge in [0, 0.05) is 13.1 Å². The maximum absolute atomic E-state index is 12.6. The predicted octanol–water partition coefficient (Wildman–Crippen LogP) is 1.17. The second kappa shape index (κ2) is 3.55. The van der Waals surface area contributed by atoms with Gasteiger partial charge in [0.1, 0.15) is 6.67 Å². The van der Waals surface area contributed by atoms with Gasteiger partial charge in [0.25, 0.3) is 0 Å². The Morgan fingerprint density at radius 2 is 2.14 bits per heavy atom. The van der Waals surface area contributed by atoms with Crippen LogP contribution in [-0.4, -0.2) is 14.3 Å². The second-order valence-electron chi connectivity index (χ2n) is 3.76. The zero-order chi connectivity index (χ0) is 10.1. The van der Waals surface area contributed by atoms with E-state index in [4.69, 9.17) is 0 Å². The number of hydrogen-bond acceptors (Lipinski definition) is 2. The molecule has 4 nitrogen and oxygen atoms in total. The normalized spacial score (nSPS) is 17.9. The van der Waals surface area contributed by atoms with E-state index in [1.165, 1.54) is 9.25 Å². The number of hydrogen-bond donors (Lipinski definition) is 0. The number of aromatic nitrogens is 3. The van der Waals surface area contributed by atoms with Gasteiger partial charge in [-0.05, 0) is 12.8 Å². The van der Waals surface area contributed by atoms with Crippen LogP contribution in [0.3, 0.4) is 0 Å². The van der Waals surface area contributed by atoms with Crippen molar-refractivity contribution in [2.24, 2.45) is 7.05 Å². The fourth-order valence-electron chi connectivity index (χ4n) is 2.15. The molecule has 2 rings (SSSR count). The summed E-state index contributed by atoms with van der Waals surface area (Å²) in [4.78, 5) is 11.6. The van der Waals surface area contributed by atoms with E-state index in [0.29, 0.717) is 0 Å². The van der Waals surface area contributed by atoms with Crippen molar-refractivity contribution in [1.29, 1.82) is 0 Å². The topological polar surface area (TPSA) is 39.8 Å². The first-order valence-corrected chi connectivity index (χ1v) is 4.94. The highest BCUT2D eigenvalue weighted by Crippen LogP contribution is 2.28. The Labute approximate surface area is 81.3 Å². The largest absolute Gasteiger partial charge is 0.345 e. The molecule has 78 valence electrons. The monoisotopic (exact) mass is 199 g/mol. The van der Waals surface area contributed by atoms with Crippen LogP contribution in [0.2, 0.25) is 0 Å². The summed E-state index contributed by atoms with van der Waals surface area (Å²) in [6, 6.07) is 0.168. The van der Waals surface area contributed by atoms with Crippen LogP contribution in [0, 0.1) is 0 Å². The average molecular weight is 199 g/mol. The van der Waals surface area contributed by atoms with E-state index in [9.17, 15) is 9.18 Å². The lowest BCUT2D eigenvalue weighted by Crippen LogP contribution is -2.26. The number of alkyl halides is 1. The first-order chi connectivity index (χ1) is 6.74. The number of nitrogens with zero attached hydrogens (tertiary/aromatic N) is 3. The minimum absolute atomic E-state index is 0.168. The van der Waals surface area contributed by atoms with Gasteiger partial charge in [-0.15, -0.1) is 0 Å². The van der Waals surface area contributed by atoms with Gasteiger partial charge in [0.05, 0.1) is 0 Å². The van der Waals surface area contributed by atoms with Gasteiger partial charge >= 0.3 is 5.69 Å². The molecule has 5 heteroatoms. The zero-order valence-electron chi connectivity index (χ0n) is 8.24. The number of rotatable bonds is 2. The van der Waals surface area contributed by atoms with E-state index >= 15 is 0 Å². The molecule has 1 aromatic heterocycles. The second-order valence-corrected chi connectivity index (χ2v) is 3.76. The predicted molar refractivity (Wildman–Crippen MR) is 49.8 cm³/mol. The highest BCUT2D eigenvalue weighted by molar-refractivity contribution is 4.91. The molecule has 1 fully saturated rings. The maximum atomic E-state index is 12.6. The Hall–Kier alpha value is -1.13. The van der Waals surface area contributed by atoms with Gasteiger partial charge in [-0.25, -0.2) is 13.9 Å². The first-order valence-electron chi connectivity index (χ1n) is 4.94. The molecule has 0 saturated heterocycles. The van der Waals surface area contributed by atoms with Crippen LogP contribution in [-0.2, 0) is 13.7 Å². The molecule has 0 N–H and O–H groups in total. The fourth-order valence-corrected chi connectivity index (χ4v) is 2.15. The molecule has 14 heavy (non-hydrogen) atoms. The summed E-state index contributed by atoms with van der Waals surface area (Å²) in [5, 5.41) is 3.87. The highest BCUT2D eigenvalue weighted by Gasteiger charge is 2.23. The van der Waals surface area contributed by atoms with Gasteiger partial charge in [-0.1, -0.05) is 12.8 Å². The third kappa shape index (κ3) is 1.36. The van der Waals surface area contributed by atoms with Crippen LogP contribution in [0.1, 0.15) is 37.5 Å². The summed E-state index contributed by atoms with van der Waals surface area (Å²) >= 11 is 0. The summed E-state index contributed by atoms with van der Waals surface area (Å²) in [6.45, 7) is -0.660. The van der Waals surface area contributed by atoms with Crippen LogP contribution in [0.4, 0.5) is 4.39 Å². The highest BCUT2D eigenvalue weighted by atomic mass is 19.1. The van der Waals surface area contributed by atoms with E-state index in [0.717, 1.165) is 25.7 Å². The maximum Gasteiger partial charge on any atom is 0.345 e. The molecule has 0 unspecified atom stereocenters. The molecule has 1 saturated carbocycles. The Kier molecular flexibility index (Phi) is 2.39. The first kappa shape index (κ1) is 9.43. The molecule has 0 spiro atoms. The summed E-state index contributed by atoms with van der Waals surface area (Å²) in [5.74, 6) is 0.268. The van der Waals surface area contributed by atoms with E-state index in [1.807, 2.05) is 0 Å². The van der Waals surface area contributed by atoms with Crippen LogP contribution < -0.4 is 5.69 Å². The van der Waals surface area contributed by atoms with E-state index in [-0.39, 0.29) is 17.6 Å². The van der Waals surface area contributed by atoms with Crippen LogP contribution >= 0.6 is 0 Å². The Balaban J connectivity index is 2.43. The van der Waals surface area contributed by atoms with Crippen LogP contribution in [0.5, 0.6) is 0 Å². The van der Waals surface area contributed by atoms with Crippen molar-refractivity contribution in [2.75, 3.05) is 0 Å². The van der Waals surface area contributed by atoms with E-state index in [2.05, 4.69) is 5.10 Å². The Bertz CT molecular complexity index is 376. The molecule has 0 atom stereocenters. The molecule has 0 radical (unpaired) electrons. The van der Waals surface area contributed by atoms with Gasteiger partial charge < -0.3 is 0 Å². The molecule has 1 aliphatic carbocycles. The number of halogens is 1. The minimum Gasteiger partial charge on any atom is -0.274 e. The van der Waals surface area contributed by atoms with Crippen molar-refractivity contribution in [2.45, 2.75) is 38.4 Å². The Morgan fingerprint density at radius 1 is 1.50 bits per heavy atom. The standard InChI is InChI=1S/C9H14FN3O/c1-12-9(14)13(8(6-10)11-12)7-4-2-3-5-7/h7H,2-6H2,1H3. The van der Waals surface area contributed by atoms with Gasteiger partial charge in [-0.3, -0.25) is 4.57 Å². The van der Waals surface area contributed by atoms with Gasteiger partial charge in [0.15, 0.2) is 5.82 Å².